The van der Waals surface area contributed by atoms with E-state index < -0.39 is 9.84 Å². The largest absolute Gasteiger partial charge is 0.370 e. The lowest BCUT2D eigenvalue weighted by Gasteiger charge is -2.08. The number of rotatable bonds is 5. The molecule has 0 spiro atoms. The van der Waals surface area contributed by atoms with Gasteiger partial charge in [-0.05, 0) is 54.7 Å². The van der Waals surface area contributed by atoms with Gasteiger partial charge in [0.25, 0.3) is 0 Å². The fourth-order valence-corrected chi connectivity index (χ4v) is 4.01. The van der Waals surface area contributed by atoms with Gasteiger partial charge in [-0.3, -0.25) is 4.99 Å². The van der Waals surface area contributed by atoms with Crippen LogP contribution in [0.1, 0.15) is 17.5 Å². The van der Waals surface area contributed by atoms with Crippen molar-refractivity contribution in [1.29, 1.82) is 0 Å². The molecular weight excluding hydrogens is 322 g/mol. The third-order valence-corrected chi connectivity index (χ3v) is 5.83. The van der Waals surface area contributed by atoms with Gasteiger partial charge in [-0.15, -0.1) is 0 Å². The molecule has 0 bridgehead atoms. The second-order valence-corrected chi connectivity index (χ2v) is 7.97. The van der Waals surface area contributed by atoms with Crippen LogP contribution in [-0.2, 0) is 22.7 Å². The smallest absolute Gasteiger partial charge is 0.193 e. The molecule has 0 atom stereocenters. The lowest BCUT2D eigenvalue weighted by molar-refractivity contribution is 0.596. The van der Waals surface area contributed by atoms with Crippen molar-refractivity contribution in [2.75, 3.05) is 17.6 Å². The van der Waals surface area contributed by atoms with Crippen LogP contribution in [-0.4, -0.2) is 26.7 Å². The number of guanidine groups is 1. The van der Waals surface area contributed by atoms with E-state index in [1.165, 1.54) is 17.5 Å². The summed E-state index contributed by atoms with van der Waals surface area (Å²) >= 11 is 0. The molecule has 5 nitrogen and oxygen atoms in total. The van der Waals surface area contributed by atoms with Gasteiger partial charge in [-0.1, -0.05) is 24.3 Å². The van der Waals surface area contributed by atoms with E-state index in [0.29, 0.717) is 4.90 Å². The highest BCUT2D eigenvalue weighted by Crippen LogP contribution is 2.24. The van der Waals surface area contributed by atoms with Gasteiger partial charge in [0, 0.05) is 5.69 Å². The number of fused-ring (bicyclic) bond motifs is 1. The minimum absolute atomic E-state index is 0.0659. The van der Waals surface area contributed by atoms with Crippen LogP contribution in [0.4, 0.5) is 5.69 Å². The van der Waals surface area contributed by atoms with Crippen molar-refractivity contribution >= 4 is 21.5 Å². The molecule has 3 N–H and O–H groups in total. The third-order valence-electron chi connectivity index (χ3n) is 4.12. The summed E-state index contributed by atoms with van der Waals surface area (Å²) in [6.45, 7) is 0.126. The lowest BCUT2D eigenvalue weighted by atomic mass is 10.1. The molecule has 0 aromatic heterocycles. The summed E-state index contributed by atoms with van der Waals surface area (Å²) in [5.74, 6) is 0.167. The fourth-order valence-electron chi connectivity index (χ4n) is 2.87. The highest BCUT2D eigenvalue weighted by molar-refractivity contribution is 7.91. The van der Waals surface area contributed by atoms with E-state index in [1.807, 2.05) is 6.07 Å². The molecular formula is C18H21N3O2S. The Morgan fingerprint density at radius 3 is 2.62 bits per heavy atom. The Hall–Kier alpha value is -2.34. The second-order valence-electron chi connectivity index (χ2n) is 5.86. The van der Waals surface area contributed by atoms with Gasteiger partial charge in [-0.25, -0.2) is 8.42 Å². The van der Waals surface area contributed by atoms with Crippen molar-refractivity contribution in [2.24, 2.45) is 10.7 Å². The highest BCUT2D eigenvalue weighted by Gasteiger charge is 2.13. The minimum atomic E-state index is -3.33. The summed E-state index contributed by atoms with van der Waals surface area (Å²) in [5, 5.41) is 3.03. The number of benzene rings is 2. The average Bonchev–Trinajstić information content (AvgIpc) is 3.03. The van der Waals surface area contributed by atoms with Crippen molar-refractivity contribution in [3.8, 4) is 0 Å². The van der Waals surface area contributed by atoms with Crippen LogP contribution >= 0.6 is 0 Å². The average molecular weight is 343 g/mol. The molecule has 0 saturated heterocycles. The SMILES string of the molecule is NC(=NCCS(=O)(=O)c1ccccc1)Nc1ccc2c(c1)CCC2. The Labute approximate surface area is 142 Å². The van der Waals surface area contributed by atoms with Crippen LogP contribution < -0.4 is 11.1 Å². The van der Waals surface area contributed by atoms with E-state index in [-0.39, 0.29) is 18.3 Å². The summed E-state index contributed by atoms with van der Waals surface area (Å²) < 4.78 is 24.3. The van der Waals surface area contributed by atoms with Crippen LogP contribution in [0.5, 0.6) is 0 Å². The van der Waals surface area contributed by atoms with E-state index in [0.717, 1.165) is 18.5 Å². The maximum Gasteiger partial charge on any atom is 0.193 e. The lowest BCUT2D eigenvalue weighted by Crippen LogP contribution is -2.24. The highest BCUT2D eigenvalue weighted by atomic mass is 32.2. The summed E-state index contributed by atoms with van der Waals surface area (Å²) in [4.78, 5) is 4.44. The Kier molecular flexibility index (Phi) is 4.85. The zero-order chi connectivity index (χ0) is 17.0. The van der Waals surface area contributed by atoms with Crippen LogP contribution in [0.3, 0.4) is 0 Å². The maximum atomic E-state index is 12.2. The summed E-state index contributed by atoms with van der Waals surface area (Å²) in [7, 11) is -3.33. The van der Waals surface area contributed by atoms with Gasteiger partial charge in [0.05, 0.1) is 17.2 Å². The van der Waals surface area contributed by atoms with Crippen molar-refractivity contribution < 1.29 is 8.42 Å². The summed E-state index contributed by atoms with van der Waals surface area (Å²) in [6, 6.07) is 14.6. The van der Waals surface area contributed by atoms with Gasteiger partial charge in [0.15, 0.2) is 15.8 Å². The number of hydrogen-bond donors (Lipinski definition) is 2. The predicted octanol–water partition coefficient (Wildman–Crippen LogP) is 2.38. The number of aryl methyl sites for hydroxylation is 2. The molecule has 0 radical (unpaired) electrons. The number of nitrogens with one attached hydrogen (secondary N) is 1. The standard InChI is InChI=1S/C18H21N3O2S/c19-18(21-16-10-9-14-5-4-6-15(14)13-16)20-11-12-24(22,23)17-7-2-1-3-8-17/h1-3,7-10,13H,4-6,11-12H2,(H3,19,20,21). The number of nitrogens with zero attached hydrogens (tertiary/aromatic N) is 1. The van der Waals surface area contributed by atoms with Gasteiger partial charge in [-0.2, -0.15) is 0 Å². The first kappa shape index (κ1) is 16.5. The first-order chi connectivity index (χ1) is 11.5. The van der Waals surface area contributed by atoms with E-state index in [9.17, 15) is 8.42 Å². The molecule has 2 aromatic rings. The van der Waals surface area contributed by atoms with Crippen molar-refractivity contribution in [1.82, 2.24) is 0 Å². The van der Waals surface area contributed by atoms with Gasteiger partial charge in [0.2, 0.25) is 0 Å². The zero-order valence-electron chi connectivity index (χ0n) is 13.4. The van der Waals surface area contributed by atoms with Crippen LogP contribution in [0, 0.1) is 0 Å². The number of sulfone groups is 1. The zero-order valence-corrected chi connectivity index (χ0v) is 14.2. The molecule has 6 heteroatoms. The van der Waals surface area contributed by atoms with E-state index >= 15 is 0 Å². The second kappa shape index (κ2) is 7.05. The quantitative estimate of drug-likeness (QED) is 0.645. The molecule has 1 aliphatic rings. The third kappa shape index (κ3) is 3.94. The van der Waals surface area contributed by atoms with Crippen molar-refractivity contribution in [2.45, 2.75) is 24.2 Å². The molecule has 126 valence electrons. The predicted molar refractivity (Wildman–Crippen MR) is 97.1 cm³/mol. The van der Waals surface area contributed by atoms with Crippen LogP contribution in [0.25, 0.3) is 0 Å². The van der Waals surface area contributed by atoms with E-state index in [4.69, 9.17) is 5.73 Å². The van der Waals surface area contributed by atoms with Crippen molar-refractivity contribution in [3.05, 3.63) is 59.7 Å². The van der Waals surface area contributed by atoms with E-state index in [2.05, 4.69) is 22.4 Å². The number of anilines is 1. The molecule has 0 saturated carbocycles. The molecule has 0 fully saturated rings. The first-order valence-electron chi connectivity index (χ1n) is 8.01. The normalized spacial score (nSPS) is 14.4. The molecule has 2 aromatic carbocycles. The summed E-state index contributed by atoms with van der Waals surface area (Å²) in [6.07, 6.45) is 3.42. The Balaban J connectivity index is 1.59. The molecule has 0 aliphatic heterocycles. The van der Waals surface area contributed by atoms with Gasteiger partial charge < -0.3 is 11.1 Å². The van der Waals surface area contributed by atoms with Gasteiger partial charge in [0.1, 0.15) is 0 Å². The van der Waals surface area contributed by atoms with E-state index in [1.54, 1.807) is 30.3 Å². The topological polar surface area (TPSA) is 84.5 Å². The van der Waals surface area contributed by atoms with Crippen molar-refractivity contribution in [3.63, 3.8) is 0 Å². The molecule has 0 unspecified atom stereocenters. The Bertz CT molecular complexity index is 846. The Morgan fingerprint density at radius 1 is 1.08 bits per heavy atom. The maximum absolute atomic E-state index is 12.2. The Morgan fingerprint density at radius 2 is 1.83 bits per heavy atom. The molecule has 1 aliphatic carbocycles. The van der Waals surface area contributed by atoms with Gasteiger partial charge >= 0.3 is 0 Å². The summed E-state index contributed by atoms with van der Waals surface area (Å²) in [5.41, 5.74) is 9.49. The first-order valence-corrected chi connectivity index (χ1v) is 9.66. The molecule has 3 rings (SSSR count). The fraction of sp³-hybridized carbons (Fsp3) is 0.278. The molecule has 24 heavy (non-hydrogen) atoms. The number of aliphatic imine (C=N–C) groups is 1. The molecule has 0 heterocycles. The number of nitrogens with two attached hydrogens (primary N) is 1. The molecule has 0 amide bonds. The number of hydrogen-bond acceptors (Lipinski definition) is 3. The van der Waals surface area contributed by atoms with Crippen LogP contribution in [0.2, 0.25) is 0 Å². The minimum Gasteiger partial charge on any atom is -0.370 e. The monoisotopic (exact) mass is 343 g/mol. The van der Waals surface area contributed by atoms with Crippen LogP contribution in [0.15, 0.2) is 58.4 Å².